The van der Waals surface area contributed by atoms with E-state index in [0.29, 0.717) is 6.04 Å². The van der Waals surface area contributed by atoms with Gasteiger partial charge in [0, 0.05) is 31.2 Å². The molecule has 1 aromatic rings. The largest absolute Gasteiger partial charge is 0.380 e. The standard InChI is InChI=1S/C18H30N2O/c1-4-11-19-14-18(2,16-8-6-5-7-9-16)15-20(3)17-10-12-21-13-17/h5-9,17,19H,4,10-15H2,1-3H3. The molecule has 1 aliphatic rings. The van der Waals surface area contributed by atoms with Gasteiger partial charge in [-0.2, -0.15) is 0 Å². The Morgan fingerprint density at radius 1 is 1.33 bits per heavy atom. The number of nitrogens with one attached hydrogen (secondary N) is 1. The summed E-state index contributed by atoms with van der Waals surface area (Å²) < 4.78 is 5.54. The van der Waals surface area contributed by atoms with E-state index in [1.54, 1.807) is 0 Å². The highest BCUT2D eigenvalue weighted by molar-refractivity contribution is 5.25. The predicted octanol–water partition coefficient (Wildman–Crippen LogP) is 2.66. The molecule has 0 amide bonds. The minimum Gasteiger partial charge on any atom is -0.380 e. The minimum absolute atomic E-state index is 0.133. The summed E-state index contributed by atoms with van der Waals surface area (Å²) in [6.45, 7) is 9.53. The number of nitrogens with zero attached hydrogens (tertiary/aromatic N) is 1. The van der Waals surface area contributed by atoms with Gasteiger partial charge in [0.15, 0.2) is 0 Å². The maximum absolute atomic E-state index is 5.54. The molecule has 2 atom stereocenters. The molecule has 2 unspecified atom stereocenters. The first-order valence-electron chi connectivity index (χ1n) is 8.20. The van der Waals surface area contributed by atoms with Crippen LogP contribution >= 0.6 is 0 Å². The van der Waals surface area contributed by atoms with Gasteiger partial charge in [-0.05, 0) is 32.0 Å². The maximum Gasteiger partial charge on any atom is 0.0622 e. The van der Waals surface area contributed by atoms with Crippen molar-refractivity contribution < 1.29 is 4.74 Å². The van der Waals surface area contributed by atoms with Crippen molar-refractivity contribution in [1.29, 1.82) is 0 Å². The molecule has 0 spiro atoms. The summed E-state index contributed by atoms with van der Waals surface area (Å²) in [6.07, 6.45) is 2.33. The Kier molecular flexibility index (Phi) is 6.22. The number of likely N-dealkylation sites (N-methyl/N-ethyl adjacent to an activating group) is 1. The second-order valence-corrected chi connectivity index (χ2v) is 6.54. The fourth-order valence-electron chi connectivity index (χ4n) is 3.18. The molecule has 1 aromatic carbocycles. The van der Waals surface area contributed by atoms with Crippen molar-refractivity contribution in [2.24, 2.45) is 0 Å². The van der Waals surface area contributed by atoms with E-state index in [-0.39, 0.29) is 5.41 Å². The number of hydrogen-bond acceptors (Lipinski definition) is 3. The smallest absolute Gasteiger partial charge is 0.0622 e. The van der Waals surface area contributed by atoms with Crippen molar-refractivity contribution in [2.75, 3.05) is 39.9 Å². The van der Waals surface area contributed by atoms with Gasteiger partial charge in [-0.15, -0.1) is 0 Å². The van der Waals surface area contributed by atoms with Crippen LogP contribution in [0.1, 0.15) is 32.3 Å². The summed E-state index contributed by atoms with van der Waals surface area (Å²) in [5.41, 5.74) is 1.55. The molecule has 0 bridgehead atoms. The molecule has 0 aliphatic carbocycles. The Hall–Kier alpha value is -0.900. The fraction of sp³-hybridized carbons (Fsp3) is 0.667. The Morgan fingerprint density at radius 2 is 2.10 bits per heavy atom. The van der Waals surface area contributed by atoms with Gasteiger partial charge in [-0.3, -0.25) is 0 Å². The minimum atomic E-state index is 0.133. The zero-order chi connectivity index (χ0) is 15.1. The van der Waals surface area contributed by atoms with Crippen LogP contribution < -0.4 is 5.32 Å². The average Bonchev–Trinajstić information content (AvgIpc) is 3.03. The highest BCUT2D eigenvalue weighted by Gasteiger charge is 2.31. The molecular formula is C18H30N2O. The topological polar surface area (TPSA) is 24.5 Å². The molecule has 3 nitrogen and oxygen atoms in total. The number of ether oxygens (including phenoxy) is 1. The lowest BCUT2D eigenvalue weighted by Crippen LogP contribution is -2.47. The third-order valence-corrected chi connectivity index (χ3v) is 4.54. The highest BCUT2D eigenvalue weighted by atomic mass is 16.5. The lowest BCUT2D eigenvalue weighted by atomic mass is 9.81. The average molecular weight is 290 g/mol. The van der Waals surface area contributed by atoms with Crippen molar-refractivity contribution >= 4 is 0 Å². The normalized spacial score (nSPS) is 21.6. The lowest BCUT2D eigenvalue weighted by molar-refractivity contribution is 0.143. The van der Waals surface area contributed by atoms with Crippen LogP contribution in [0.15, 0.2) is 30.3 Å². The molecule has 0 radical (unpaired) electrons. The van der Waals surface area contributed by atoms with E-state index in [9.17, 15) is 0 Å². The Morgan fingerprint density at radius 3 is 2.71 bits per heavy atom. The molecule has 1 fully saturated rings. The summed E-state index contributed by atoms with van der Waals surface area (Å²) >= 11 is 0. The van der Waals surface area contributed by atoms with Gasteiger partial charge >= 0.3 is 0 Å². The molecule has 2 rings (SSSR count). The van der Waals surface area contributed by atoms with E-state index in [2.05, 4.69) is 61.4 Å². The van der Waals surface area contributed by atoms with Gasteiger partial charge in [-0.1, -0.05) is 44.2 Å². The van der Waals surface area contributed by atoms with Crippen LogP contribution in [-0.2, 0) is 10.2 Å². The Balaban J connectivity index is 2.07. The van der Waals surface area contributed by atoms with Crippen LogP contribution in [0.25, 0.3) is 0 Å². The van der Waals surface area contributed by atoms with E-state index in [4.69, 9.17) is 4.74 Å². The van der Waals surface area contributed by atoms with Crippen LogP contribution in [0.3, 0.4) is 0 Å². The molecule has 0 saturated carbocycles. The summed E-state index contributed by atoms with van der Waals surface area (Å²) in [6, 6.07) is 11.5. The second-order valence-electron chi connectivity index (χ2n) is 6.54. The van der Waals surface area contributed by atoms with E-state index in [0.717, 1.165) is 39.3 Å². The third-order valence-electron chi connectivity index (χ3n) is 4.54. The predicted molar refractivity (Wildman–Crippen MR) is 88.8 cm³/mol. The molecule has 3 heteroatoms. The molecule has 21 heavy (non-hydrogen) atoms. The monoisotopic (exact) mass is 290 g/mol. The zero-order valence-electron chi connectivity index (χ0n) is 13.8. The molecule has 0 aromatic heterocycles. The number of rotatable bonds is 8. The zero-order valence-corrected chi connectivity index (χ0v) is 13.8. The van der Waals surface area contributed by atoms with E-state index in [1.807, 2.05) is 0 Å². The van der Waals surface area contributed by atoms with Gasteiger partial charge in [0.05, 0.1) is 6.61 Å². The molecule has 118 valence electrons. The van der Waals surface area contributed by atoms with Crippen LogP contribution in [0.2, 0.25) is 0 Å². The highest BCUT2D eigenvalue weighted by Crippen LogP contribution is 2.26. The maximum atomic E-state index is 5.54. The van der Waals surface area contributed by atoms with Crippen molar-refractivity contribution in [3.05, 3.63) is 35.9 Å². The van der Waals surface area contributed by atoms with Crippen molar-refractivity contribution in [1.82, 2.24) is 10.2 Å². The van der Waals surface area contributed by atoms with E-state index >= 15 is 0 Å². The molecule has 1 N–H and O–H groups in total. The van der Waals surface area contributed by atoms with Gasteiger partial charge in [0.25, 0.3) is 0 Å². The van der Waals surface area contributed by atoms with Gasteiger partial charge in [-0.25, -0.2) is 0 Å². The Labute approximate surface area is 129 Å². The van der Waals surface area contributed by atoms with Crippen LogP contribution in [0.5, 0.6) is 0 Å². The summed E-state index contributed by atoms with van der Waals surface area (Å²) in [5, 5.41) is 3.61. The third kappa shape index (κ3) is 4.53. The van der Waals surface area contributed by atoms with Crippen LogP contribution in [0.4, 0.5) is 0 Å². The molecular weight excluding hydrogens is 260 g/mol. The molecule has 1 heterocycles. The van der Waals surface area contributed by atoms with E-state index < -0.39 is 0 Å². The quantitative estimate of drug-likeness (QED) is 0.745. The summed E-state index contributed by atoms with van der Waals surface area (Å²) in [5.74, 6) is 0. The number of hydrogen-bond donors (Lipinski definition) is 1. The lowest BCUT2D eigenvalue weighted by Gasteiger charge is -2.37. The van der Waals surface area contributed by atoms with Gasteiger partial charge in [0.2, 0.25) is 0 Å². The fourth-order valence-corrected chi connectivity index (χ4v) is 3.18. The first-order chi connectivity index (χ1) is 10.2. The first kappa shape index (κ1) is 16.5. The Bertz CT molecular complexity index is 403. The van der Waals surface area contributed by atoms with Crippen molar-refractivity contribution in [3.8, 4) is 0 Å². The molecule has 1 saturated heterocycles. The van der Waals surface area contributed by atoms with Crippen LogP contribution in [-0.4, -0.2) is 50.8 Å². The van der Waals surface area contributed by atoms with Crippen LogP contribution in [0, 0.1) is 0 Å². The van der Waals surface area contributed by atoms with Crippen molar-refractivity contribution in [3.63, 3.8) is 0 Å². The number of benzene rings is 1. The summed E-state index contributed by atoms with van der Waals surface area (Å²) in [4.78, 5) is 2.48. The van der Waals surface area contributed by atoms with Gasteiger partial charge in [0.1, 0.15) is 0 Å². The SMILES string of the molecule is CCCNCC(C)(CN(C)C1CCOC1)c1ccccc1. The first-order valence-corrected chi connectivity index (χ1v) is 8.20. The summed E-state index contributed by atoms with van der Waals surface area (Å²) in [7, 11) is 2.24. The van der Waals surface area contributed by atoms with Crippen molar-refractivity contribution in [2.45, 2.75) is 38.1 Å². The second kappa shape index (κ2) is 7.92. The van der Waals surface area contributed by atoms with Gasteiger partial charge < -0.3 is 15.0 Å². The molecule has 1 aliphatic heterocycles. The van der Waals surface area contributed by atoms with E-state index in [1.165, 1.54) is 12.0 Å².